The van der Waals surface area contributed by atoms with Crippen molar-refractivity contribution in [1.82, 2.24) is 5.32 Å². The summed E-state index contributed by atoms with van der Waals surface area (Å²) in [6.45, 7) is 0. The molecule has 0 bridgehead atoms. The first-order valence-corrected chi connectivity index (χ1v) is 8.70. The van der Waals surface area contributed by atoms with Crippen molar-refractivity contribution < 1.29 is 32.2 Å². The number of nitrogens with one attached hydrogen (secondary N) is 1. The largest absolute Gasteiger partial charge is 0.457 e. The van der Waals surface area contributed by atoms with Crippen LogP contribution in [-0.4, -0.2) is 18.1 Å². The third-order valence-corrected chi connectivity index (χ3v) is 4.96. The van der Waals surface area contributed by atoms with Gasteiger partial charge in [0.25, 0.3) is 5.91 Å². The highest BCUT2D eigenvalue weighted by Crippen LogP contribution is 2.42. The van der Waals surface area contributed by atoms with E-state index in [2.05, 4.69) is 5.32 Å². The summed E-state index contributed by atoms with van der Waals surface area (Å²) in [5.41, 5.74) is 0.448. The van der Waals surface area contributed by atoms with Crippen LogP contribution in [0.5, 0.6) is 11.5 Å². The molecule has 2 aliphatic rings. The Morgan fingerprint density at radius 2 is 1.97 bits per heavy atom. The van der Waals surface area contributed by atoms with Gasteiger partial charge in [0.15, 0.2) is 6.10 Å². The molecule has 4 rings (SSSR count). The Balaban J connectivity index is 1.61. The minimum absolute atomic E-state index is 0.120. The van der Waals surface area contributed by atoms with E-state index in [1.165, 1.54) is 12.1 Å². The van der Waals surface area contributed by atoms with Crippen LogP contribution >= 0.6 is 0 Å². The van der Waals surface area contributed by atoms with Crippen molar-refractivity contribution in [2.24, 2.45) is 0 Å². The molecular formula is C20H13F3N2O4. The molecule has 1 N–H and O–H groups in total. The fourth-order valence-corrected chi connectivity index (χ4v) is 3.68. The minimum Gasteiger partial charge on any atom is -0.457 e. The Morgan fingerprint density at radius 3 is 2.62 bits per heavy atom. The average Bonchev–Trinajstić information content (AvgIpc) is 3.22. The molecule has 1 unspecified atom stereocenters. The van der Waals surface area contributed by atoms with Crippen molar-refractivity contribution in [3.8, 4) is 17.6 Å². The van der Waals surface area contributed by atoms with Crippen molar-refractivity contribution >= 4 is 12.0 Å². The van der Waals surface area contributed by atoms with E-state index in [-0.39, 0.29) is 17.2 Å². The highest BCUT2D eigenvalue weighted by Gasteiger charge is 2.42. The number of carbonyl (C=O) groups is 2. The Labute approximate surface area is 162 Å². The van der Waals surface area contributed by atoms with E-state index < -0.39 is 35.6 Å². The number of hydrogen-bond acceptors (Lipinski definition) is 5. The van der Waals surface area contributed by atoms with Gasteiger partial charge in [-0.2, -0.15) is 18.4 Å². The molecule has 9 heteroatoms. The summed E-state index contributed by atoms with van der Waals surface area (Å²) in [4.78, 5) is 23.1. The predicted molar refractivity (Wildman–Crippen MR) is 92.1 cm³/mol. The molecule has 2 amide bonds. The number of alkyl halides is 3. The number of alkyl carbamates (subject to hydrolysis) is 1. The molecule has 1 fully saturated rings. The lowest BCUT2D eigenvalue weighted by molar-refractivity contribution is -0.138. The maximum Gasteiger partial charge on any atom is 0.420 e. The molecule has 148 valence electrons. The van der Waals surface area contributed by atoms with Crippen molar-refractivity contribution in [3.63, 3.8) is 0 Å². The van der Waals surface area contributed by atoms with Gasteiger partial charge < -0.3 is 9.47 Å². The zero-order chi connectivity index (χ0) is 20.8. The second-order valence-corrected chi connectivity index (χ2v) is 6.74. The van der Waals surface area contributed by atoms with Crippen LogP contribution in [0.2, 0.25) is 0 Å². The van der Waals surface area contributed by atoms with Gasteiger partial charge in [0.1, 0.15) is 11.5 Å². The number of ether oxygens (including phenoxy) is 2. The number of halogens is 3. The van der Waals surface area contributed by atoms with Crippen molar-refractivity contribution in [2.75, 3.05) is 0 Å². The number of fused-ring (bicyclic) bond motifs is 1. The average molecular weight is 402 g/mol. The molecule has 1 aliphatic heterocycles. The van der Waals surface area contributed by atoms with Gasteiger partial charge in [0.05, 0.1) is 17.2 Å². The van der Waals surface area contributed by atoms with Crippen LogP contribution in [0.15, 0.2) is 36.4 Å². The molecule has 2 aromatic carbocycles. The monoisotopic (exact) mass is 402 g/mol. The molecular weight excluding hydrogens is 389 g/mol. The minimum atomic E-state index is -4.68. The topological polar surface area (TPSA) is 88.4 Å². The maximum absolute atomic E-state index is 13.3. The standard InChI is InChI=1S/C20H13F3N2O4/c21-20(22,23)15-7-10(9-24)1-6-16(15)28-12-3-5-13-11(8-12)2-4-14(13)17-18(26)25-19(27)29-17/h1,3,5-8,14,17H,2,4H2,(H,25,26,27)/t14-,17?/m1/s1. The smallest absolute Gasteiger partial charge is 0.420 e. The van der Waals surface area contributed by atoms with Gasteiger partial charge in [0, 0.05) is 5.92 Å². The lowest BCUT2D eigenvalue weighted by atomic mass is 9.95. The number of carbonyl (C=O) groups excluding carboxylic acids is 2. The number of aryl methyl sites for hydroxylation is 1. The van der Waals surface area contributed by atoms with Crippen molar-refractivity contribution in [1.29, 1.82) is 5.26 Å². The summed E-state index contributed by atoms with van der Waals surface area (Å²) < 4.78 is 50.4. The van der Waals surface area contributed by atoms with Gasteiger partial charge in [-0.15, -0.1) is 0 Å². The Kier molecular flexibility index (Phi) is 4.42. The van der Waals surface area contributed by atoms with E-state index in [1.54, 1.807) is 18.2 Å². The number of imide groups is 1. The van der Waals surface area contributed by atoms with E-state index in [0.717, 1.165) is 23.3 Å². The molecule has 0 radical (unpaired) electrons. The van der Waals surface area contributed by atoms with Crippen LogP contribution in [0, 0.1) is 11.3 Å². The first kappa shape index (κ1) is 18.8. The van der Waals surface area contributed by atoms with Crippen molar-refractivity contribution in [3.05, 3.63) is 58.7 Å². The van der Waals surface area contributed by atoms with Crippen LogP contribution in [0.3, 0.4) is 0 Å². The first-order chi connectivity index (χ1) is 13.8. The highest BCUT2D eigenvalue weighted by molar-refractivity contribution is 6.00. The predicted octanol–water partition coefficient (Wildman–Crippen LogP) is 4.03. The van der Waals surface area contributed by atoms with E-state index >= 15 is 0 Å². The van der Waals surface area contributed by atoms with E-state index in [1.807, 2.05) is 0 Å². The first-order valence-electron chi connectivity index (χ1n) is 8.70. The molecule has 2 aromatic rings. The summed E-state index contributed by atoms with van der Waals surface area (Å²) in [6.07, 6.45) is -5.24. The number of cyclic esters (lactones) is 1. The second kappa shape index (κ2) is 6.81. The molecule has 1 heterocycles. The summed E-state index contributed by atoms with van der Waals surface area (Å²) >= 11 is 0. The van der Waals surface area contributed by atoms with E-state index in [9.17, 15) is 22.8 Å². The van der Waals surface area contributed by atoms with E-state index in [0.29, 0.717) is 12.8 Å². The van der Waals surface area contributed by atoms with Crippen LogP contribution < -0.4 is 10.1 Å². The second-order valence-electron chi connectivity index (χ2n) is 6.74. The molecule has 0 saturated carbocycles. The fourth-order valence-electron chi connectivity index (χ4n) is 3.68. The molecule has 1 aliphatic carbocycles. The van der Waals surface area contributed by atoms with Gasteiger partial charge in [-0.25, -0.2) is 4.79 Å². The molecule has 29 heavy (non-hydrogen) atoms. The number of rotatable bonds is 3. The fraction of sp³-hybridized carbons (Fsp3) is 0.250. The van der Waals surface area contributed by atoms with Gasteiger partial charge in [-0.1, -0.05) is 6.07 Å². The number of nitriles is 1. The number of benzene rings is 2. The lowest BCUT2D eigenvalue weighted by Crippen LogP contribution is -2.28. The molecule has 0 aromatic heterocycles. The van der Waals surface area contributed by atoms with E-state index in [4.69, 9.17) is 14.7 Å². The maximum atomic E-state index is 13.3. The zero-order valence-corrected chi connectivity index (χ0v) is 14.7. The molecule has 1 saturated heterocycles. The van der Waals surface area contributed by atoms with Gasteiger partial charge in [0.2, 0.25) is 0 Å². The van der Waals surface area contributed by atoms with Crippen molar-refractivity contribution in [2.45, 2.75) is 31.0 Å². The highest BCUT2D eigenvalue weighted by atomic mass is 19.4. The summed E-state index contributed by atoms with van der Waals surface area (Å²) in [6, 6.07) is 9.57. The number of amides is 2. The van der Waals surface area contributed by atoms with Gasteiger partial charge in [-0.3, -0.25) is 10.1 Å². The van der Waals surface area contributed by atoms with Crippen LogP contribution in [0.4, 0.5) is 18.0 Å². The normalized spacial score (nSPS) is 20.6. The summed E-state index contributed by atoms with van der Waals surface area (Å²) in [5.74, 6) is -1.02. The SMILES string of the molecule is N#Cc1ccc(Oc2ccc3c(c2)CC[C@H]3C2OC(=O)NC2=O)c(C(F)(F)F)c1. The molecule has 2 atom stereocenters. The molecule has 6 nitrogen and oxygen atoms in total. The Morgan fingerprint density at radius 1 is 1.17 bits per heavy atom. The Hall–Kier alpha value is -3.54. The summed E-state index contributed by atoms with van der Waals surface area (Å²) in [5, 5.41) is 10.9. The summed E-state index contributed by atoms with van der Waals surface area (Å²) in [7, 11) is 0. The molecule has 0 spiro atoms. The third-order valence-electron chi connectivity index (χ3n) is 4.96. The Bertz CT molecular complexity index is 1060. The number of hydrogen-bond donors (Lipinski definition) is 1. The zero-order valence-electron chi connectivity index (χ0n) is 14.7. The van der Waals surface area contributed by atoms with Crippen LogP contribution in [0.1, 0.15) is 34.6 Å². The number of nitrogens with zero attached hydrogens (tertiary/aromatic N) is 1. The van der Waals surface area contributed by atoms with Crippen LogP contribution in [0.25, 0.3) is 0 Å². The van der Waals surface area contributed by atoms with Gasteiger partial charge in [-0.05, 0) is 54.3 Å². The van der Waals surface area contributed by atoms with Crippen LogP contribution in [-0.2, 0) is 22.1 Å². The third kappa shape index (κ3) is 3.49. The lowest BCUT2D eigenvalue weighted by Gasteiger charge is -2.17. The van der Waals surface area contributed by atoms with Gasteiger partial charge >= 0.3 is 12.3 Å². The quantitative estimate of drug-likeness (QED) is 0.837.